The van der Waals surface area contributed by atoms with Crippen molar-refractivity contribution in [2.75, 3.05) is 0 Å². The highest BCUT2D eigenvalue weighted by atomic mass is 35.5. The van der Waals surface area contributed by atoms with Crippen molar-refractivity contribution < 1.29 is 13.6 Å². The Morgan fingerprint density at radius 2 is 1.89 bits per heavy atom. The fourth-order valence-corrected chi connectivity index (χ4v) is 2.49. The highest BCUT2D eigenvalue weighted by Crippen LogP contribution is 2.36. The number of carbonyl (C=O) groups excluding carboxylic acids is 1. The van der Waals surface area contributed by atoms with Crippen LogP contribution in [0.1, 0.15) is 25.7 Å². The predicted molar refractivity (Wildman–Crippen MR) is 68.3 cm³/mol. The highest BCUT2D eigenvalue weighted by Gasteiger charge is 2.31. The Hall–Kier alpha value is -1.16. The van der Waals surface area contributed by atoms with Gasteiger partial charge in [-0.1, -0.05) is 37.6 Å². The summed E-state index contributed by atoms with van der Waals surface area (Å²) in [5, 5.41) is 2.07. The van der Waals surface area contributed by atoms with Gasteiger partial charge in [-0.2, -0.15) is 0 Å². The minimum absolute atomic E-state index is 0.000494. The second kappa shape index (κ2) is 6.69. The molecule has 1 aliphatic carbocycles. The second-order valence-corrected chi connectivity index (χ2v) is 4.80. The van der Waals surface area contributed by atoms with Crippen LogP contribution in [0.2, 0.25) is 0 Å². The Morgan fingerprint density at radius 1 is 1.33 bits per heavy atom. The molecule has 5 heteroatoms. The summed E-state index contributed by atoms with van der Waals surface area (Å²) in [5.41, 5.74) is -0.297. The number of carbonyl (C=O) groups is 1. The molecule has 0 aromatic rings. The van der Waals surface area contributed by atoms with E-state index in [0.717, 1.165) is 25.7 Å². The molecule has 0 bridgehead atoms. The van der Waals surface area contributed by atoms with Crippen LogP contribution in [0.5, 0.6) is 0 Å². The van der Waals surface area contributed by atoms with Crippen LogP contribution in [0, 0.1) is 5.92 Å². The zero-order valence-corrected chi connectivity index (χ0v) is 10.8. The summed E-state index contributed by atoms with van der Waals surface area (Å²) in [5.74, 6) is -1.88. The molecule has 100 valence electrons. The predicted octanol–water partition coefficient (Wildman–Crippen LogP) is 3.75. The van der Waals surface area contributed by atoms with E-state index < -0.39 is 17.7 Å². The molecule has 1 fully saturated rings. The van der Waals surface area contributed by atoms with Gasteiger partial charge in [0, 0.05) is 5.57 Å². The van der Waals surface area contributed by atoms with Gasteiger partial charge in [-0.3, -0.25) is 4.79 Å². The molecule has 1 rings (SSSR count). The fraction of sp³-hybridized carbons (Fsp3) is 0.462. The standard InChI is InChI=1S/C13H16ClF2NO/c1-8(14)12(16)11(9(2)15)13(17-7-18)10-5-3-4-6-10/h7,10,13H,1-6H2,(H,17,18)/b12-11-. The number of hydrogen-bond donors (Lipinski definition) is 1. The van der Waals surface area contributed by atoms with E-state index in [2.05, 4.69) is 18.5 Å². The number of rotatable bonds is 6. The first-order chi connectivity index (χ1) is 8.49. The average Bonchev–Trinajstić information content (AvgIpc) is 2.80. The van der Waals surface area contributed by atoms with E-state index in [9.17, 15) is 13.6 Å². The normalized spacial score (nSPS) is 19.1. The third-order valence-electron chi connectivity index (χ3n) is 3.20. The molecule has 0 heterocycles. The zero-order chi connectivity index (χ0) is 13.7. The maximum absolute atomic E-state index is 13.9. The monoisotopic (exact) mass is 275 g/mol. The molecule has 1 amide bonds. The molecule has 0 saturated heterocycles. The fourth-order valence-electron chi connectivity index (χ4n) is 2.39. The lowest BCUT2D eigenvalue weighted by Crippen LogP contribution is -2.36. The van der Waals surface area contributed by atoms with Gasteiger partial charge in [-0.15, -0.1) is 0 Å². The minimum atomic E-state index is -0.949. The first-order valence-corrected chi connectivity index (χ1v) is 6.15. The molecule has 1 atom stereocenters. The molecule has 0 aliphatic heterocycles. The Labute approximate surface area is 110 Å². The van der Waals surface area contributed by atoms with Gasteiger partial charge in [0.05, 0.1) is 11.1 Å². The van der Waals surface area contributed by atoms with E-state index in [1.807, 2.05) is 0 Å². The molecule has 0 spiro atoms. The van der Waals surface area contributed by atoms with Crippen LogP contribution in [0.4, 0.5) is 8.78 Å². The van der Waals surface area contributed by atoms with Crippen molar-refractivity contribution in [3.05, 3.63) is 35.4 Å². The third-order valence-corrected chi connectivity index (χ3v) is 3.36. The first kappa shape index (κ1) is 14.9. The van der Waals surface area contributed by atoms with Crippen molar-refractivity contribution in [1.82, 2.24) is 5.32 Å². The van der Waals surface area contributed by atoms with Crippen molar-refractivity contribution in [3.63, 3.8) is 0 Å². The lowest BCUT2D eigenvalue weighted by Gasteiger charge is -2.25. The SMILES string of the molecule is C=C(Cl)/C(F)=C(\C(=C)F)C(NC=O)C1CCCC1. The maximum Gasteiger partial charge on any atom is 0.207 e. The van der Waals surface area contributed by atoms with Gasteiger partial charge in [-0.25, -0.2) is 8.78 Å². The molecule has 1 N–H and O–H groups in total. The van der Waals surface area contributed by atoms with Gasteiger partial charge in [0.2, 0.25) is 6.41 Å². The van der Waals surface area contributed by atoms with Gasteiger partial charge in [0.15, 0.2) is 0 Å². The van der Waals surface area contributed by atoms with Crippen LogP contribution in [-0.4, -0.2) is 12.5 Å². The molecule has 18 heavy (non-hydrogen) atoms. The Bertz CT molecular complexity index is 386. The van der Waals surface area contributed by atoms with E-state index in [1.54, 1.807) is 0 Å². The first-order valence-electron chi connectivity index (χ1n) is 5.78. The number of halogens is 3. The van der Waals surface area contributed by atoms with Gasteiger partial charge >= 0.3 is 0 Å². The van der Waals surface area contributed by atoms with Crippen molar-refractivity contribution in [2.45, 2.75) is 31.7 Å². The summed E-state index contributed by atoms with van der Waals surface area (Å²) in [6.07, 6.45) is 4.03. The largest absolute Gasteiger partial charge is 0.351 e. The van der Waals surface area contributed by atoms with E-state index in [1.165, 1.54) is 0 Å². The smallest absolute Gasteiger partial charge is 0.207 e. The lowest BCUT2D eigenvalue weighted by molar-refractivity contribution is -0.110. The number of nitrogens with one attached hydrogen (secondary N) is 1. The molecule has 0 aromatic carbocycles. The van der Waals surface area contributed by atoms with Gasteiger partial charge in [0.25, 0.3) is 0 Å². The highest BCUT2D eigenvalue weighted by molar-refractivity contribution is 6.31. The Morgan fingerprint density at radius 3 is 2.28 bits per heavy atom. The summed E-state index contributed by atoms with van der Waals surface area (Å²) in [7, 11) is 0. The summed E-state index contributed by atoms with van der Waals surface area (Å²) >= 11 is 5.47. The molecule has 1 aliphatic rings. The number of allylic oxidation sites excluding steroid dienone is 2. The summed E-state index contributed by atoms with van der Waals surface area (Å²) in [6.45, 7) is 6.35. The van der Waals surface area contributed by atoms with E-state index >= 15 is 0 Å². The maximum atomic E-state index is 13.9. The molecule has 0 radical (unpaired) electrons. The molecular weight excluding hydrogens is 260 g/mol. The van der Waals surface area contributed by atoms with Crippen molar-refractivity contribution in [3.8, 4) is 0 Å². The van der Waals surface area contributed by atoms with E-state index in [-0.39, 0.29) is 16.5 Å². The summed E-state index contributed by atoms with van der Waals surface area (Å²) < 4.78 is 27.3. The van der Waals surface area contributed by atoms with Crippen LogP contribution >= 0.6 is 11.6 Å². The van der Waals surface area contributed by atoms with Crippen molar-refractivity contribution in [1.29, 1.82) is 0 Å². The second-order valence-electron chi connectivity index (χ2n) is 4.34. The topological polar surface area (TPSA) is 29.1 Å². The Kier molecular flexibility index (Phi) is 5.54. The van der Waals surface area contributed by atoms with Gasteiger partial charge < -0.3 is 5.32 Å². The molecule has 1 saturated carbocycles. The van der Waals surface area contributed by atoms with Crippen LogP contribution in [0.15, 0.2) is 35.4 Å². The average molecular weight is 276 g/mol. The molecular formula is C13H16ClF2NO. The molecule has 2 nitrogen and oxygen atoms in total. The van der Waals surface area contributed by atoms with Crippen LogP contribution in [0.25, 0.3) is 0 Å². The Balaban J connectivity index is 3.13. The van der Waals surface area contributed by atoms with Crippen LogP contribution in [0.3, 0.4) is 0 Å². The lowest BCUT2D eigenvalue weighted by atomic mass is 9.90. The van der Waals surface area contributed by atoms with Gasteiger partial charge in [0.1, 0.15) is 11.7 Å². The van der Waals surface area contributed by atoms with E-state index in [0.29, 0.717) is 6.41 Å². The summed E-state index contributed by atoms with van der Waals surface area (Å²) in [4.78, 5) is 10.6. The van der Waals surface area contributed by atoms with E-state index in [4.69, 9.17) is 11.6 Å². The number of hydrogen-bond acceptors (Lipinski definition) is 1. The molecule has 0 aromatic heterocycles. The van der Waals surface area contributed by atoms with Crippen LogP contribution in [-0.2, 0) is 4.79 Å². The van der Waals surface area contributed by atoms with Crippen molar-refractivity contribution >= 4 is 18.0 Å². The summed E-state index contributed by atoms with van der Waals surface area (Å²) in [6, 6.07) is -0.738. The third kappa shape index (κ3) is 3.42. The minimum Gasteiger partial charge on any atom is -0.351 e. The quantitative estimate of drug-likeness (QED) is 0.580. The molecule has 1 unspecified atom stereocenters. The van der Waals surface area contributed by atoms with Gasteiger partial charge in [-0.05, 0) is 18.8 Å². The number of amides is 1. The zero-order valence-electron chi connectivity index (χ0n) is 10.0. The van der Waals surface area contributed by atoms with Crippen LogP contribution < -0.4 is 5.32 Å². The van der Waals surface area contributed by atoms with Crippen molar-refractivity contribution in [2.24, 2.45) is 5.92 Å².